The van der Waals surface area contributed by atoms with Gasteiger partial charge in [-0.25, -0.2) is 13.2 Å². The van der Waals surface area contributed by atoms with E-state index in [1.165, 1.54) is 44.1 Å². The Morgan fingerprint density at radius 2 is 1.74 bits per heavy atom. The molecule has 0 saturated carbocycles. The molecule has 0 saturated heterocycles. The Morgan fingerprint density at radius 3 is 2.17 bits per heavy atom. The van der Waals surface area contributed by atoms with Crippen molar-refractivity contribution in [2.45, 2.75) is 4.90 Å². The van der Waals surface area contributed by atoms with Crippen molar-refractivity contribution in [1.82, 2.24) is 9.78 Å². The van der Waals surface area contributed by atoms with E-state index in [0.29, 0.717) is 11.4 Å². The third-order valence-electron chi connectivity index (χ3n) is 3.26. The average molecular weight is 340 g/mol. The lowest BCUT2D eigenvalue weighted by Gasteiger charge is -2.14. The molecule has 0 fully saturated rings. The van der Waals surface area contributed by atoms with Crippen LogP contribution in [0.1, 0.15) is 10.5 Å². The summed E-state index contributed by atoms with van der Waals surface area (Å²) in [6, 6.07) is 4.13. The topological polar surface area (TPSA) is 108 Å². The Morgan fingerprint density at radius 1 is 1.17 bits per heavy atom. The zero-order valence-corrected chi connectivity index (χ0v) is 13.8. The molecule has 0 spiro atoms. The summed E-state index contributed by atoms with van der Waals surface area (Å²) >= 11 is 0. The van der Waals surface area contributed by atoms with Gasteiger partial charge in [0.25, 0.3) is 0 Å². The molecule has 0 unspecified atom stereocenters. The van der Waals surface area contributed by atoms with Crippen LogP contribution in [-0.4, -0.2) is 49.7 Å². The summed E-state index contributed by atoms with van der Waals surface area (Å²) in [5, 5.41) is 12.9. The van der Waals surface area contributed by atoms with Crippen LogP contribution in [0.4, 0.5) is 0 Å². The van der Waals surface area contributed by atoms with Crippen LogP contribution >= 0.6 is 0 Å². The number of hydrogen-bond acceptors (Lipinski definition) is 6. The summed E-state index contributed by atoms with van der Waals surface area (Å²) in [6.45, 7) is 0. The molecule has 1 heterocycles. The van der Waals surface area contributed by atoms with Crippen molar-refractivity contribution in [2.75, 3.05) is 20.5 Å². The smallest absolute Gasteiger partial charge is 0.356 e. The molecular formula is C14H16N2O6S. The number of ether oxygens (including phenoxy) is 2. The van der Waals surface area contributed by atoms with Crippen molar-refractivity contribution in [1.29, 1.82) is 0 Å². The van der Waals surface area contributed by atoms with Crippen LogP contribution in [0.15, 0.2) is 23.1 Å². The lowest BCUT2D eigenvalue weighted by molar-refractivity contribution is 0.0689. The lowest BCUT2D eigenvalue weighted by Crippen LogP contribution is -2.04. The molecule has 2 aromatic rings. The number of carboxylic acid groups (broad SMARTS) is 1. The van der Waals surface area contributed by atoms with Crippen LogP contribution in [-0.2, 0) is 16.9 Å². The maximum Gasteiger partial charge on any atom is 0.356 e. The van der Waals surface area contributed by atoms with E-state index >= 15 is 0 Å². The molecule has 124 valence electrons. The minimum Gasteiger partial charge on any atom is -0.493 e. The van der Waals surface area contributed by atoms with Gasteiger partial charge in [0.2, 0.25) is 0 Å². The number of carbonyl (C=O) groups is 1. The molecule has 0 aliphatic heterocycles. The van der Waals surface area contributed by atoms with E-state index in [4.69, 9.17) is 14.6 Å². The highest BCUT2D eigenvalue weighted by Gasteiger charge is 2.23. The number of carboxylic acids is 1. The molecule has 1 aromatic carbocycles. The molecule has 0 radical (unpaired) electrons. The van der Waals surface area contributed by atoms with Gasteiger partial charge in [0.05, 0.1) is 24.8 Å². The highest BCUT2D eigenvalue weighted by Crippen LogP contribution is 2.38. The number of nitrogens with zero attached hydrogens (tertiary/aromatic N) is 2. The maximum absolute atomic E-state index is 12.1. The second-order valence-corrected chi connectivity index (χ2v) is 6.80. The van der Waals surface area contributed by atoms with Crippen molar-refractivity contribution in [3.63, 3.8) is 0 Å². The monoisotopic (exact) mass is 340 g/mol. The number of aromatic nitrogens is 2. The first-order chi connectivity index (χ1) is 10.7. The molecule has 0 amide bonds. The van der Waals surface area contributed by atoms with Crippen LogP contribution < -0.4 is 9.47 Å². The Bertz CT molecular complexity index is 870. The van der Waals surface area contributed by atoms with Gasteiger partial charge < -0.3 is 14.6 Å². The molecule has 9 heteroatoms. The summed E-state index contributed by atoms with van der Waals surface area (Å²) in [5.41, 5.74) is 0.438. The van der Waals surface area contributed by atoms with Gasteiger partial charge in [0.15, 0.2) is 27.0 Å². The SMILES string of the molecule is COc1cc(-c2cc(C(=O)O)nn2C)c(S(C)(=O)=O)cc1OC. The molecule has 0 atom stereocenters. The van der Waals surface area contributed by atoms with E-state index < -0.39 is 15.8 Å². The minimum atomic E-state index is -3.59. The van der Waals surface area contributed by atoms with E-state index in [-0.39, 0.29) is 21.9 Å². The van der Waals surface area contributed by atoms with Crippen LogP contribution in [0, 0.1) is 0 Å². The molecule has 2 rings (SSSR count). The summed E-state index contributed by atoms with van der Waals surface area (Å²) in [5.74, 6) is -0.612. The zero-order chi connectivity index (χ0) is 17.4. The maximum atomic E-state index is 12.1. The van der Waals surface area contributed by atoms with E-state index in [1.807, 2.05) is 0 Å². The fourth-order valence-corrected chi connectivity index (χ4v) is 3.08. The molecule has 1 N–H and O–H groups in total. The normalized spacial score (nSPS) is 11.3. The Balaban J connectivity index is 2.82. The Kier molecular flexibility index (Phi) is 4.33. The summed E-state index contributed by atoms with van der Waals surface area (Å²) in [4.78, 5) is 11.1. The molecule has 8 nitrogen and oxygen atoms in total. The van der Waals surface area contributed by atoms with Gasteiger partial charge in [0, 0.05) is 24.9 Å². The fraction of sp³-hybridized carbons (Fsp3) is 0.286. The third kappa shape index (κ3) is 3.14. The van der Waals surface area contributed by atoms with Gasteiger partial charge in [-0.2, -0.15) is 5.10 Å². The molecular weight excluding hydrogens is 324 g/mol. The Hall–Kier alpha value is -2.55. The van der Waals surface area contributed by atoms with Gasteiger partial charge in [-0.05, 0) is 12.1 Å². The third-order valence-corrected chi connectivity index (χ3v) is 4.40. The van der Waals surface area contributed by atoms with Crippen LogP contribution in [0.25, 0.3) is 11.3 Å². The molecule has 0 aliphatic rings. The fourth-order valence-electron chi connectivity index (χ4n) is 2.19. The first-order valence-corrected chi connectivity index (χ1v) is 8.32. The summed E-state index contributed by atoms with van der Waals surface area (Å²) in [7, 11) is 0.765. The number of aromatic carboxylic acids is 1. The first-order valence-electron chi connectivity index (χ1n) is 6.42. The molecule has 0 aliphatic carbocycles. The van der Waals surface area contributed by atoms with Crippen LogP contribution in [0.5, 0.6) is 11.5 Å². The second kappa shape index (κ2) is 5.92. The highest BCUT2D eigenvalue weighted by atomic mass is 32.2. The molecule has 1 aromatic heterocycles. The Labute approximate surface area is 133 Å². The van der Waals surface area contributed by atoms with Crippen molar-refractivity contribution in [3.05, 3.63) is 23.9 Å². The zero-order valence-electron chi connectivity index (χ0n) is 13.0. The van der Waals surface area contributed by atoms with Crippen molar-refractivity contribution < 1.29 is 27.8 Å². The summed E-state index contributed by atoms with van der Waals surface area (Å²) in [6.07, 6.45) is 1.06. The van der Waals surface area contributed by atoms with Gasteiger partial charge in [0.1, 0.15) is 0 Å². The number of methoxy groups -OCH3 is 2. The number of rotatable bonds is 5. The van der Waals surface area contributed by atoms with E-state index in [1.54, 1.807) is 0 Å². The number of aryl methyl sites for hydroxylation is 1. The van der Waals surface area contributed by atoms with E-state index in [0.717, 1.165) is 6.26 Å². The second-order valence-electron chi connectivity index (χ2n) is 4.82. The van der Waals surface area contributed by atoms with Crippen molar-refractivity contribution >= 4 is 15.8 Å². The van der Waals surface area contributed by atoms with Gasteiger partial charge in [-0.15, -0.1) is 0 Å². The first kappa shape index (κ1) is 16.8. The molecule has 0 bridgehead atoms. The minimum absolute atomic E-state index is 0.00455. The predicted octanol–water partition coefficient (Wildman–Crippen LogP) is 1.21. The average Bonchev–Trinajstić information content (AvgIpc) is 2.87. The van der Waals surface area contributed by atoms with Gasteiger partial charge in [-0.3, -0.25) is 4.68 Å². The largest absolute Gasteiger partial charge is 0.493 e. The predicted molar refractivity (Wildman–Crippen MR) is 81.8 cm³/mol. The van der Waals surface area contributed by atoms with Crippen LogP contribution in [0.2, 0.25) is 0 Å². The highest BCUT2D eigenvalue weighted by molar-refractivity contribution is 7.90. The van der Waals surface area contributed by atoms with Crippen LogP contribution in [0.3, 0.4) is 0 Å². The van der Waals surface area contributed by atoms with E-state index in [9.17, 15) is 13.2 Å². The number of hydrogen-bond donors (Lipinski definition) is 1. The van der Waals surface area contributed by atoms with Crippen molar-refractivity contribution in [3.8, 4) is 22.8 Å². The standard InChI is InChI=1S/C14H16N2O6S/c1-16-10(6-9(15-16)14(17)18)8-5-11(21-2)12(22-3)7-13(8)23(4,19)20/h5-7H,1-4H3,(H,17,18). The molecule has 23 heavy (non-hydrogen) atoms. The number of benzene rings is 1. The van der Waals surface area contributed by atoms with Gasteiger partial charge >= 0.3 is 5.97 Å². The van der Waals surface area contributed by atoms with E-state index in [2.05, 4.69) is 5.10 Å². The summed E-state index contributed by atoms with van der Waals surface area (Å²) < 4.78 is 35.8. The van der Waals surface area contributed by atoms with Crippen molar-refractivity contribution in [2.24, 2.45) is 7.05 Å². The van der Waals surface area contributed by atoms with Gasteiger partial charge in [-0.1, -0.05) is 0 Å². The quantitative estimate of drug-likeness (QED) is 0.871. The lowest BCUT2D eigenvalue weighted by atomic mass is 10.1. The number of sulfone groups is 1.